The van der Waals surface area contributed by atoms with E-state index in [9.17, 15) is 9.59 Å². The molecule has 2 heterocycles. The van der Waals surface area contributed by atoms with Gasteiger partial charge in [0.05, 0.1) is 24.8 Å². The van der Waals surface area contributed by atoms with Gasteiger partial charge in [0.25, 0.3) is 0 Å². The van der Waals surface area contributed by atoms with Crippen molar-refractivity contribution in [3.8, 4) is 0 Å². The minimum absolute atomic E-state index is 0.250. The Morgan fingerprint density at radius 2 is 1.65 bits per heavy atom. The first-order valence-corrected chi connectivity index (χ1v) is 10.3. The van der Waals surface area contributed by atoms with Gasteiger partial charge in [-0.15, -0.1) is 0 Å². The van der Waals surface area contributed by atoms with E-state index < -0.39 is 18.1 Å². The van der Waals surface area contributed by atoms with Crippen LogP contribution in [0.3, 0.4) is 0 Å². The number of ether oxygens (including phenoxy) is 2. The number of nitrogens with zero attached hydrogens (tertiary/aromatic N) is 3. The maximum absolute atomic E-state index is 13.6. The molecule has 7 heteroatoms. The number of benzene rings is 2. The number of rotatable bonds is 7. The molecule has 7 nitrogen and oxygen atoms in total. The van der Waals surface area contributed by atoms with Gasteiger partial charge < -0.3 is 14.0 Å². The number of carbonyl (C=O) groups is 2. The van der Waals surface area contributed by atoms with Crippen molar-refractivity contribution in [3.63, 3.8) is 0 Å². The fraction of sp³-hybridized carbons (Fsp3) is 0.292. The Kier molecular flexibility index (Phi) is 6.54. The van der Waals surface area contributed by atoms with Crippen LogP contribution in [0.1, 0.15) is 32.6 Å². The molecule has 0 bridgehead atoms. The highest BCUT2D eigenvalue weighted by molar-refractivity contribution is 6.00. The Morgan fingerprint density at radius 3 is 2.26 bits per heavy atom. The second kappa shape index (κ2) is 9.68. The van der Waals surface area contributed by atoms with Crippen LogP contribution in [0, 0.1) is 0 Å². The fourth-order valence-corrected chi connectivity index (χ4v) is 3.83. The summed E-state index contributed by atoms with van der Waals surface area (Å²) in [6, 6.07) is 17.9. The number of Topliss-reactive ketones (excluding diaryl/α,β-unsaturated/α-hetero) is 1. The van der Waals surface area contributed by atoms with Crippen LogP contribution in [0.2, 0.25) is 0 Å². The number of hydrogen-bond donors (Lipinski definition) is 0. The molecular weight excluding hydrogens is 394 g/mol. The van der Waals surface area contributed by atoms with Gasteiger partial charge >= 0.3 is 5.97 Å². The third-order valence-corrected chi connectivity index (χ3v) is 5.41. The SMILES string of the molecule is Cn1ccnc1C(=O)[C@H](OC(=O)c1ccccc1)[C@@H](c1ccccc1)N1CCOCC1. The standard InChI is InChI=1S/C24H25N3O4/c1-26-13-12-25-23(26)21(28)22(31-24(29)19-10-6-3-7-11-19)20(18-8-4-2-5-9-18)27-14-16-30-17-15-27/h2-13,20,22H,14-17H2,1H3/t20-,22-/m1/s1. The Labute approximate surface area is 181 Å². The molecule has 2 aromatic carbocycles. The molecule has 3 aromatic rings. The molecule has 31 heavy (non-hydrogen) atoms. The predicted octanol–water partition coefficient (Wildman–Crippen LogP) is 2.90. The van der Waals surface area contributed by atoms with Crippen LogP contribution in [-0.4, -0.2) is 58.6 Å². The van der Waals surface area contributed by atoms with E-state index in [1.807, 2.05) is 36.4 Å². The molecule has 1 fully saturated rings. The zero-order valence-electron chi connectivity index (χ0n) is 17.4. The van der Waals surface area contributed by atoms with Crippen molar-refractivity contribution in [3.05, 3.63) is 90.0 Å². The van der Waals surface area contributed by atoms with Gasteiger partial charge in [0.2, 0.25) is 5.78 Å². The highest BCUT2D eigenvalue weighted by atomic mass is 16.5. The third-order valence-electron chi connectivity index (χ3n) is 5.41. The highest BCUT2D eigenvalue weighted by Crippen LogP contribution is 2.30. The number of aromatic nitrogens is 2. The molecule has 0 unspecified atom stereocenters. The summed E-state index contributed by atoms with van der Waals surface area (Å²) < 4.78 is 13.1. The number of hydrogen-bond acceptors (Lipinski definition) is 6. The molecule has 0 saturated carbocycles. The summed E-state index contributed by atoms with van der Waals surface area (Å²) in [5, 5.41) is 0. The van der Waals surface area contributed by atoms with Gasteiger partial charge in [-0.3, -0.25) is 9.69 Å². The molecule has 0 aliphatic carbocycles. The quantitative estimate of drug-likeness (QED) is 0.433. The topological polar surface area (TPSA) is 73.7 Å². The van der Waals surface area contributed by atoms with E-state index in [-0.39, 0.29) is 11.6 Å². The van der Waals surface area contributed by atoms with Gasteiger partial charge in [-0.2, -0.15) is 0 Å². The molecule has 0 radical (unpaired) electrons. The molecule has 4 rings (SSSR count). The van der Waals surface area contributed by atoms with Gasteiger partial charge in [-0.1, -0.05) is 48.5 Å². The minimum atomic E-state index is -1.06. The van der Waals surface area contributed by atoms with Crippen molar-refractivity contribution in [2.24, 2.45) is 7.05 Å². The maximum atomic E-state index is 13.6. The van der Waals surface area contributed by atoms with Crippen LogP contribution >= 0.6 is 0 Å². The number of morpholine rings is 1. The van der Waals surface area contributed by atoms with Crippen molar-refractivity contribution in [1.29, 1.82) is 0 Å². The molecular formula is C24H25N3O4. The number of esters is 1. The summed E-state index contributed by atoms with van der Waals surface area (Å²) in [5.41, 5.74) is 1.30. The molecule has 0 amide bonds. The van der Waals surface area contributed by atoms with Gasteiger partial charge in [-0.05, 0) is 17.7 Å². The summed E-state index contributed by atoms with van der Waals surface area (Å²) >= 11 is 0. The molecule has 0 N–H and O–H groups in total. The van der Waals surface area contributed by atoms with E-state index in [0.717, 1.165) is 5.56 Å². The first-order chi connectivity index (χ1) is 15.1. The van der Waals surface area contributed by atoms with Crippen molar-refractivity contribution < 1.29 is 19.1 Å². The molecule has 1 aliphatic rings. The van der Waals surface area contributed by atoms with Crippen LogP contribution < -0.4 is 0 Å². The first kappa shape index (κ1) is 21.0. The van der Waals surface area contributed by atoms with E-state index >= 15 is 0 Å². The lowest BCUT2D eigenvalue weighted by Crippen LogP contribution is -2.48. The van der Waals surface area contributed by atoms with E-state index in [1.165, 1.54) is 0 Å². The molecule has 1 aromatic heterocycles. The van der Waals surface area contributed by atoms with Crippen molar-refractivity contribution in [1.82, 2.24) is 14.5 Å². The number of imidazole rings is 1. The van der Waals surface area contributed by atoms with E-state index in [0.29, 0.717) is 31.9 Å². The minimum Gasteiger partial charge on any atom is -0.448 e. The monoisotopic (exact) mass is 419 g/mol. The average Bonchev–Trinajstić information content (AvgIpc) is 3.26. The van der Waals surface area contributed by atoms with Crippen LogP contribution in [-0.2, 0) is 16.5 Å². The van der Waals surface area contributed by atoms with Crippen LogP contribution in [0.4, 0.5) is 0 Å². The van der Waals surface area contributed by atoms with Crippen LogP contribution in [0.25, 0.3) is 0 Å². The number of ketones is 1. The highest BCUT2D eigenvalue weighted by Gasteiger charge is 2.39. The van der Waals surface area contributed by atoms with E-state index in [4.69, 9.17) is 9.47 Å². The lowest BCUT2D eigenvalue weighted by molar-refractivity contribution is -0.0298. The Bertz CT molecular complexity index is 1010. The second-order valence-corrected chi connectivity index (χ2v) is 7.42. The zero-order valence-corrected chi connectivity index (χ0v) is 17.4. The largest absolute Gasteiger partial charge is 0.448 e. The van der Waals surface area contributed by atoms with E-state index in [2.05, 4.69) is 9.88 Å². The fourth-order valence-electron chi connectivity index (χ4n) is 3.83. The van der Waals surface area contributed by atoms with Crippen LogP contribution in [0.15, 0.2) is 73.1 Å². The van der Waals surface area contributed by atoms with Crippen molar-refractivity contribution in [2.75, 3.05) is 26.3 Å². The summed E-state index contributed by atoms with van der Waals surface area (Å²) in [7, 11) is 1.75. The smallest absolute Gasteiger partial charge is 0.338 e. The van der Waals surface area contributed by atoms with Crippen molar-refractivity contribution in [2.45, 2.75) is 12.1 Å². The lowest BCUT2D eigenvalue weighted by Gasteiger charge is -2.38. The number of carbonyl (C=O) groups excluding carboxylic acids is 2. The lowest BCUT2D eigenvalue weighted by atomic mass is 9.95. The molecule has 2 atom stereocenters. The second-order valence-electron chi connectivity index (χ2n) is 7.42. The molecule has 160 valence electrons. The van der Waals surface area contributed by atoms with Gasteiger partial charge in [0.15, 0.2) is 11.9 Å². The van der Waals surface area contributed by atoms with E-state index in [1.54, 1.807) is 48.3 Å². The Hall–Kier alpha value is -3.29. The van der Waals surface area contributed by atoms with Gasteiger partial charge in [-0.25, -0.2) is 9.78 Å². The van der Waals surface area contributed by atoms with Gasteiger partial charge in [0, 0.05) is 32.5 Å². The molecule has 1 aliphatic heterocycles. The average molecular weight is 419 g/mol. The molecule has 0 spiro atoms. The summed E-state index contributed by atoms with van der Waals surface area (Å²) in [6.07, 6.45) is 2.21. The Morgan fingerprint density at radius 1 is 1.00 bits per heavy atom. The summed E-state index contributed by atoms with van der Waals surface area (Å²) in [6.45, 7) is 2.37. The van der Waals surface area contributed by atoms with Crippen molar-refractivity contribution >= 4 is 11.8 Å². The maximum Gasteiger partial charge on any atom is 0.338 e. The predicted molar refractivity (Wildman–Crippen MR) is 115 cm³/mol. The molecule has 1 saturated heterocycles. The Balaban J connectivity index is 1.75. The first-order valence-electron chi connectivity index (χ1n) is 10.3. The normalized spacial score (nSPS) is 16.4. The summed E-state index contributed by atoms with van der Waals surface area (Å²) in [4.78, 5) is 33.0. The zero-order chi connectivity index (χ0) is 21.6. The number of aryl methyl sites for hydroxylation is 1. The summed E-state index contributed by atoms with van der Waals surface area (Å²) in [5.74, 6) is -0.625. The van der Waals surface area contributed by atoms with Gasteiger partial charge in [0.1, 0.15) is 0 Å². The van der Waals surface area contributed by atoms with Crippen LogP contribution in [0.5, 0.6) is 0 Å². The third kappa shape index (κ3) is 4.73.